The third-order valence-electron chi connectivity index (χ3n) is 4.20. The molecule has 128 valence electrons. The molecule has 3 aromatic carbocycles. The Labute approximate surface area is 149 Å². The highest BCUT2D eigenvalue weighted by Gasteiger charge is 2.05. The van der Waals surface area contributed by atoms with Crippen LogP contribution in [-0.2, 0) is 13.0 Å². The van der Waals surface area contributed by atoms with Gasteiger partial charge in [0.1, 0.15) is 12.4 Å². The van der Waals surface area contributed by atoms with Crippen molar-refractivity contribution in [1.29, 1.82) is 0 Å². The van der Waals surface area contributed by atoms with Gasteiger partial charge in [-0.25, -0.2) is 0 Å². The molecule has 3 nitrogen and oxygen atoms in total. The van der Waals surface area contributed by atoms with Crippen molar-refractivity contribution < 1.29 is 9.84 Å². The summed E-state index contributed by atoms with van der Waals surface area (Å²) in [7, 11) is 2.04. The maximum absolute atomic E-state index is 9.00. The Bertz CT molecular complexity index is 767. The van der Waals surface area contributed by atoms with E-state index in [0.717, 1.165) is 28.3 Å². The highest BCUT2D eigenvalue weighted by atomic mass is 16.5. The number of nitrogens with zero attached hydrogens (tertiary/aromatic N) is 1. The van der Waals surface area contributed by atoms with Crippen molar-refractivity contribution in [2.24, 2.45) is 0 Å². The van der Waals surface area contributed by atoms with E-state index in [1.807, 2.05) is 37.4 Å². The van der Waals surface area contributed by atoms with Crippen molar-refractivity contribution in [3.8, 4) is 5.75 Å². The second-order valence-electron chi connectivity index (χ2n) is 5.97. The molecule has 3 heteroatoms. The summed E-state index contributed by atoms with van der Waals surface area (Å²) >= 11 is 0. The lowest BCUT2D eigenvalue weighted by atomic mass is 10.1. The van der Waals surface area contributed by atoms with Crippen molar-refractivity contribution in [3.63, 3.8) is 0 Å². The molecule has 25 heavy (non-hydrogen) atoms. The molecular weight excluding hydrogens is 310 g/mol. The quantitative estimate of drug-likeness (QED) is 0.687. The van der Waals surface area contributed by atoms with Crippen LogP contribution in [0.4, 0.5) is 11.4 Å². The lowest BCUT2D eigenvalue weighted by molar-refractivity contribution is 0.299. The highest BCUT2D eigenvalue weighted by molar-refractivity contribution is 5.63. The van der Waals surface area contributed by atoms with Gasteiger partial charge in [-0.1, -0.05) is 42.5 Å². The lowest BCUT2D eigenvalue weighted by Gasteiger charge is -2.20. The monoisotopic (exact) mass is 333 g/mol. The molecule has 0 saturated heterocycles. The molecule has 0 aliphatic carbocycles. The fourth-order valence-electron chi connectivity index (χ4n) is 2.67. The molecule has 3 rings (SSSR count). The molecule has 0 aliphatic rings. The van der Waals surface area contributed by atoms with Crippen molar-refractivity contribution >= 4 is 11.4 Å². The van der Waals surface area contributed by atoms with E-state index in [-0.39, 0.29) is 6.61 Å². The van der Waals surface area contributed by atoms with E-state index in [1.54, 1.807) is 0 Å². The summed E-state index contributed by atoms with van der Waals surface area (Å²) < 4.78 is 5.83. The van der Waals surface area contributed by atoms with Crippen LogP contribution < -0.4 is 9.64 Å². The average Bonchev–Trinajstić information content (AvgIpc) is 2.68. The molecule has 0 aliphatic heterocycles. The Kier molecular flexibility index (Phi) is 5.70. The minimum Gasteiger partial charge on any atom is -0.489 e. The Morgan fingerprint density at radius 3 is 1.96 bits per heavy atom. The predicted octanol–water partition coefficient (Wildman–Crippen LogP) is 4.57. The number of anilines is 2. The molecule has 0 spiro atoms. The van der Waals surface area contributed by atoms with E-state index >= 15 is 0 Å². The van der Waals surface area contributed by atoms with Crippen molar-refractivity contribution in [2.45, 2.75) is 13.0 Å². The first-order chi connectivity index (χ1) is 12.3. The van der Waals surface area contributed by atoms with Gasteiger partial charge in [-0.3, -0.25) is 0 Å². The van der Waals surface area contributed by atoms with Crippen molar-refractivity contribution in [1.82, 2.24) is 0 Å². The fourth-order valence-corrected chi connectivity index (χ4v) is 2.67. The third-order valence-corrected chi connectivity index (χ3v) is 4.20. The number of benzene rings is 3. The van der Waals surface area contributed by atoms with Crippen molar-refractivity contribution in [3.05, 3.63) is 90.0 Å². The molecule has 0 atom stereocenters. The van der Waals surface area contributed by atoms with Gasteiger partial charge < -0.3 is 14.7 Å². The Morgan fingerprint density at radius 1 is 0.760 bits per heavy atom. The normalized spacial score (nSPS) is 10.5. The first-order valence-corrected chi connectivity index (χ1v) is 8.46. The van der Waals surface area contributed by atoms with Crippen LogP contribution in [0, 0.1) is 0 Å². The van der Waals surface area contributed by atoms with Gasteiger partial charge in [0, 0.05) is 25.0 Å². The largest absolute Gasteiger partial charge is 0.489 e. The Hall–Kier alpha value is -2.78. The topological polar surface area (TPSA) is 32.7 Å². The molecular formula is C22H23NO2. The summed E-state index contributed by atoms with van der Waals surface area (Å²) in [5, 5.41) is 9.00. The van der Waals surface area contributed by atoms with E-state index in [1.165, 1.54) is 0 Å². The van der Waals surface area contributed by atoms with Crippen LogP contribution in [0.2, 0.25) is 0 Å². The van der Waals surface area contributed by atoms with Crippen LogP contribution >= 0.6 is 0 Å². The van der Waals surface area contributed by atoms with Crippen LogP contribution in [-0.4, -0.2) is 18.8 Å². The maximum Gasteiger partial charge on any atom is 0.119 e. The van der Waals surface area contributed by atoms with Gasteiger partial charge in [0.05, 0.1) is 0 Å². The van der Waals surface area contributed by atoms with E-state index in [2.05, 4.69) is 53.4 Å². The first kappa shape index (κ1) is 17.1. The molecule has 0 bridgehead atoms. The second-order valence-corrected chi connectivity index (χ2v) is 5.97. The summed E-state index contributed by atoms with van der Waals surface area (Å²) in [4.78, 5) is 2.13. The lowest BCUT2D eigenvalue weighted by Crippen LogP contribution is -2.09. The fraction of sp³-hybridized carbons (Fsp3) is 0.182. The molecule has 0 fully saturated rings. The average molecular weight is 333 g/mol. The van der Waals surface area contributed by atoms with Gasteiger partial charge in [0.2, 0.25) is 0 Å². The Morgan fingerprint density at radius 2 is 1.36 bits per heavy atom. The Balaban J connectivity index is 1.62. The van der Waals surface area contributed by atoms with Crippen LogP contribution in [0.1, 0.15) is 11.1 Å². The molecule has 0 saturated carbocycles. The molecule has 0 unspecified atom stereocenters. The first-order valence-electron chi connectivity index (χ1n) is 8.46. The van der Waals surface area contributed by atoms with Gasteiger partial charge in [-0.15, -0.1) is 0 Å². The summed E-state index contributed by atoms with van der Waals surface area (Å²) in [6.07, 6.45) is 0.692. The second kappa shape index (κ2) is 8.36. The van der Waals surface area contributed by atoms with Gasteiger partial charge in [-0.2, -0.15) is 0 Å². The zero-order valence-electron chi connectivity index (χ0n) is 14.4. The number of hydrogen-bond donors (Lipinski definition) is 1. The van der Waals surface area contributed by atoms with E-state index < -0.39 is 0 Å². The number of ether oxygens (including phenoxy) is 1. The summed E-state index contributed by atoms with van der Waals surface area (Å²) in [5.74, 6) is 0.860. The van der Waals surface area contributed by atoms with Gasteiger partial charge in [0.15, 0.2) is 0 Å². The molecule has 3 aromatic rings. The SMILES string of the molecule is CN(c1ccc(CCO)cc1)c1ccc(OCc2ccccc2)cc1. The summed E-state index contributed by atoms with van der Waals surface area (Å²) in [6, 6.07) is 26.5. The minimum atomic E-state index is 0.180. The molecule has 0 amide bonds. The number of rotatable bonds is 7. The number of aliphatic hydroxyl groups excluding tert-OH is 1. The maximum atomic E-state index is 9.00. The summed E-state index contributed by atoms with van der Waals surface area (Å²) in [5.41, 5.74) is 4.51. The number of aliphatic hydroxyl groups is 1. The molecule has 0 radical (unpaired) electrons. The van der Waals surface area contributed by atoms with Gasteiger partial charge in [-0.05, 0) is 53.9 Å². The van der Waals surface area contributed by atoms with E-state index in [0.29, 0.717) is 13.0 Å². The van der Waals surface area contributed by atoms with Crippen LogP contribution in [0.5, 0.6) is 5.75 Å². The molecule has 1 N–H and O–H groups in total. The van der Waals surface area contributed by atoms with Gasteiger partial charge in [0.25, 0.3) is 0 Å². The third kappa shape index (κ3) is 4.61. The minimum absolute atomic E-state index is 0.180. The number of hydrogen-bond acceptors (Lipinski definition) is 3. The summed E-state index contributed by atoms with van der Waals surface area (Å²) in [6.45, 7) is 0.752. The zero-order valence-corrected chi connectivity index (χ0v) is 14.4. The molecule has 0 heterocycles. The highest BCUT2D eigenvalue weighted by Crippen LogP contribution is 2.26. The molecule has 0 aromatic heterocycles. The van der Waals surface area contributed by atoms with E-state index in [9.17, 15) is 0 Å². The van der Waals surface area contributed by atoms with Crippen LogP contribution in [0.25, 0.3) is 0 Å². The van der Waals surface area contributed by atoms with Crippen molar-refractivity contribution in [2.75, 3.05) is 18.6 Å². The van der Waals surface area contributed by atoms with E-state index in [4.69, 9.17) is 9.84 Å². The smallest absolute Gasteiger partial charge is 0.119 e. The van der Waals surface area contributed by atoms with Crippen LogP contribution in [0.3, 0.4) is 0 Å². The standard InChI is InChI=1S/C22H23NO2/c1-23(20-9-7-18(8-10-20)15-16-24)21-11-13-22(14-12-21)25-17-19-5-3-2-4-6-19/h2-14,24H,15-17H2,1H3. The predicted molar refractivity (Wildman–Crippen MR) is 103 cm³/mol. The zero-order chi connectivity index (χ0) is 17.5. The van der Waals surface area contributed by atoms with Crippen LogP contribution in [0.15, 0.2) is 78.9 Å². The van der Waals surface area contributed by atoms with Gasteiger partial charge >= 0.3 is 0 Å².